The Morgan fingerprint density at radius 2 is 1.14 bits per heavy atom. The number of rotatable bonds is 4. The molecule has 4 aromatic carbocycles. The standard InChI is InChI=1S/C24H18N2O3/c27-22-15-18-9-5-4-8-17(18)14-21(22)24(29)26-20-12-10-19(11-13-20)25-23(28)16-6-2-1-3-7-16/h1-15,27H,(H,25,28)(H,26,29). The van der Waals surface area contributed by atoms with Crippen LogP contribution in [0, 0.1) is 0 Å². The van der Waals surface area contributed by atoms with Gasteiger partial charge in [-0.25, -0.2) is 0 Å². The van der Waals surface area contributed by atoms with Gasteiger partial charge in [-0.3, -0.25) is 9.59 Å². The Labute approximate surface area is 167 Å². The largest absolute Gasteiger partial charge is 0.507 e. The number of phenols is 1. The molecule has 0 atom stereocenters. The highest BCUT2D eigenvalue weighted by atomic mass is 16.3. The summed E-state index contributed by atoms with van der Waals surface area (Å²) < 4.78 is 0. The molecular weight excluding hydrogens is 364 g/mol. The Morgan fingerprint density at radius 3 is 1.76 bits per heavy atom. The molecule has 0 saturated heterocycles. The van der Waals surface area contributed by atoms with Gasteiger partial charge in [-0.2, -0.15) is 0 Å². The minimum Gasteiger partial charge on any atom is -0.507 e. The first-order valence-electron chi connectivity index (χ1n) is 9.10. The van der Waals surface area contributed by atoms with Gasteiger partial charge in [0, 0.05) is 16.9 Å². The summed E-state index contributed by atoms with van der Waals surface area (Å²) in [6, 6.07) is 26.5. The van der Waals surface area contributed by atoms with Crippen molar-refractivity contribution < 1.29 is 14.7 Å². The molecule has 3 N–H and O–H groups in total. The zero-order chi connectivity index (χ0) is 20.2. The molecule has 5 nitrogen and oxygen atoms in total. The average molecular weight is 382 g/mol. The fraction of sp³-hybridized carbons (Fsp3) is 0. The molecule has 0 heterocycles. The van der Waals surface area contributed by atoms with E-state index in [1.807, 2.05) is 30.3 Å². The van der Waals surface area contributed by atoms with Crippen LogP contribution in [0.2, 0.25) is 0 Å². The maximum absolute atomic E-state index is 12.6. The maximum Gasteiger partial charge on any atom is 0.259 e. The monoisotopic (exact) mass is 382 g/mol. The van der Waals surface area contributed by atoms with Gasteiger partial charge in [-0.1, -0.05) is 42.5 Å². The molecule has 0 bridgehead atoms. The summed E-state index contributed by atoms with van der Waals surface area (Å²) in [7, 11) is 0. The second-order valence-corrected chi connectivity index (χ2v) is 6.57. The molecule has 0 aromatic heterocycles. The lowest BCUT2D eigenvalue weighted by Crippen LogP contribution is -2.13. The van der Waals surface area contributed by atoms with Crippen LogP contribution in [0.25, 0.3) is 10.8 Å². The highest BCUT2D eigenvalue weighted by Crippen LogP contribution is 2.26. The lowest BCUT2D eigenvalue weighted by molar-refractivity contribution is 0.101. The second kappa shape index (κ2) is 7.86. The van der Waals surface area contributed by atoms with Crippen molar-refractivity contribution in [3.8, 4) is 5.75 Å². The summed E-state index contributed by atoms with van der Waals surface area (Å²) >= 11 is 0. The van der Waals surface area contributed by atoms with E-state index in [0.29, 0.717) is 16.9 Å². The van der Waals surface area contributed by atoms with Crippen molar-refractivity contribution >= 4 is 34.0 Å². The van der Waals surface area contributed by atoms with E-state index in [2.05, 4.69) is 10.6 Å². The Kier molecular flexibility index (Phi) is 4.95. The topological polar surface area (TPSA) is 78.4 Å². The van der Waals surface area contributed by atoms with Gasteiger partial charge in [-0.15, -0.1) is 0 Å². The molecule has 5 heteroatoms. The fourth-order valence-electron chi connectivity index (χ4n) is 3.04. The van der Waals surface area contributed by atoms with Crippen LogP contribution >= 0.6 is 0 Å². The lowest BCUT2D eigenvalue weighted by Gasteiger charge is -2.10. The van der Waals surface area contributed by atoms with E-state index in [1.165, 1.54) is 0 Å². The molecular formula is C24H18N2O3. The van der Waals surface area contributed by atoms with Gasteiger partial charge >= 0.3 is 0 Å². The molecule has 0 aliphatic carbocycles. The minimum atomic E-state index is -0.408. The summed E-state index contributed by atoms with van der Waals surface area (Å²) in [5.74, 6) is -0.689. The summed E-state index contributed by atoms with van der Waals surface area (Å²) in [6.07, 6.45) is 0. The van der Waals surface area contributed by atoms with E-state index in [9.17, 15) is 14.7 Å². The molecule has 0 saturated carbocycles. The van der Waals surface area contributed by atoms with Crippen LogP contribution < -0.4 is 10.6 Å². The van der Waals surface area contributed by atoms with Gasteiger partial charge in [0.15, 0.2) is 0 Å². The van der Waals surface area contributed by atoms with Crippen LogP contribution in [0.4, 0.5) is 11.4 Å². The Bertz CT molecular complexity index is 1190. The van der Waals surface area contributed by atoms with Crippen LogP contribution in [0.3, 0.4) is 0 Å². The van der Waals surface area contributed by atoms with Gasteiger partial charge in [0.1, 0.15) is 5.75 Å². The number of anilines is 2. The van der Waals surface area contributed by atoms with Crippen molar-refractivity contribution in [1.82, 2.24) is 0 Å². The zero-order valence-electron chi connectivity index (χ0n) is 15.4. The normalized spacial score (nSPS) is 10.5. The first-order valence-corrected chi connectivity index (χ1v) is 9.10. The molecule has 4 rings (SSSR count). The van der Waals surface area contributed by atoms with Crippen molar-refractivity contribution in [2.45, 2.75) is 0 Å². The fourth-order valence-corrected chi connectivity index (χ4v) is 3.04. The van der Waals surface area contributed by atoms with Gasteiger partial charge in [0.25, 0.3) is 11.8 Å². The van der Waals surface area contributed by atoms with Crippen LogP contribution in [0.1, 0.15) is 20.7 Å². The quantitative estimate of drug-likeness (QED) is 0.462. The van der Waals surface area contributed by atoms with Gasteiger partial charge in [0.05, 0.1) is 5.56 Å². The minimum absolute atomic E-state index is 0.0760. The Morgan fingerprint density at radius 1 is 0.621 bits per heavy atom. The number of hydrogen-bond donors (Lipinski definition) is 3. The number of benzene rings is 4. The van der Waals surface area contributed by atoms with Crippen molar-refractivity contribution in [3.05, 3.63) is 102 Å². The van der Waals surface area contributed by atoms with Crippen LogP contribution in [-0.2, 0) is 0 Å². The van der Waals surface area contributed by atoms with Crippen LogP contribution in [-0.4, -0.2) is 16.9 Å². The number of aromatic hydroxyl groups is 1. The second-order valence-electron chi connectivity index (χ2n) is 6.57. The first kappa shape index (κ1) is 18.3. The van der Waals surface area contributed by atoms with Crippen molar-refractivity contribution in [2.75, 3.05) is 10.6 Å². The zero-order valence-corrected chi connectivity index (χ0v) is 15.4. The van der Waals surface area contributed by atoms with E-state index < -0.39 is 5.91 Å². The highest BCUT2D eigenvalue weighted by Gasteiger charge is 2.13. The van der Waals surface area contributed by atoms with Crippen LogP contribution in [0.15, 0.2) is 91.0 Å². The van der Waals surface area contributed by atoms with Crippen molar-refractivity contribution in [3.63, 3.8) is 0 Å². The molecule has 29 heavy (non-hydrogen) atoms. The molecule has 142 valence electrons. The predicted octanol–water partition coefficient (Wildman–Crippen LogP) is 5.05. The maximum atomic E-state index is 12.6. The summed E-state index contributed by atoms with van der Waals surface area (Å²) in [5, 5.41) is 17.5. The smallest absolute Gasteiger partial charge is 0.259 e. The average Bonchev–Trinajstić information content (AvgIpc) is 2.75. The van der Waals surface area contributed by atoms with E-state index in [1.54, 1.807) is 60.7 Å². The number of phenolic OH excluding ortho intramolecular Hbond substituents is 1. The van der Waals surface area contributed by atoms with Crippen LogP contribution in [0.5, 0.6) is 5.75 Å². The van der Waals surface area contributed by atoms with Gasteiger partial charge in [0.2, 0.25) is 0 Å². The summed E-state index contributed by atoms with van der Waals surface area (Å²) in [6.45, 7) is 0. The third-order valence-corrected chi connectivity index (χ3v) is 4.55. The summed E-state index contributed by atoms with van der Waals surface area (Å²) in [4.78, 5) is 24.8. The summed E-state index contributed by atoms with van der Waals surface area (Å²) in [5.41, 5.74) is 1.94. The third kappa shape index (κ3) is 4.09. The molecule has 0 spiro atoms. The van der Waals surface area contributed by atoms with Gasteiger partial charge < -0.3 is 15.7 Å². The van der Waals surface area contributed by atoms with E-state index >= 15 is 0 Å². The lowest BCUT2D eigenvalue weighted by atomic mass is 10.1. The number of amides is 2. The van der Waals surface area contributed by atoms with Crippen molar-refractivity contribution in [1.29, 1.82) is 0 Å². The van der Waals surface area contributed by atoms with Crippen molar-refractivity contribution in [2.24, 2.45) is 0 Å². The molecule has 0 radical (unpaired) electrons. The molecule has 0 unspecified atom stereocenters. The molecule has 2 amide bonds. The number of carbonyl (C=O) groups excluding carboxylic acids is 2. The van der Waals surface area contributed by atoms with E-state index in [0.717, 1.165) is 10.8 Å². The molecule has 0 aliphatic rings. The van der Waals surface area contributed by atoms with E-state index in [4.69, 9.17) is 0 Å². The molecule has 0 fully saturated rings. The number of hydrogen-bond acceptors (Lipinski definition) is 3. The number of nitrogens with one attached hydrogen (secondary N) is 2. The Balaban J connectivity index is 1.47. The molecule has 0 aliphatic heterocycles. The predicted molar refractivity (Wildman–Crippen MR) is 114 cm³/mol. The highest BCUT2D eigenvalue weighted by molar-refractivity contribution is 6.09. The molecule has 4 aromatic rings. The SMILES string of the molecule is O=C(Nc1ccc(NC(=O)c2cc3ccccc3cc2O)cc1)c1ccccc1. The first-order chi connectivity index (χ1) is 14.1. The van der Waals surface area contributed by atoms with E-state index in [-0.39, 0.29) is 17.2 Å². The Hall–Kier alpha value is -4.12. The number of fused-ring (bicyclic) bond motifs is 1. The van der Waals surface area contributed by atoms with Gasteiger partial charge in [-0.05, 0) is 59.3 Å². The third-order valence-electron chi connectivity index (χ3n) is 4.55. The number of carbonyl (C=O) groups is 2.